The molecule has 6 nitrogen and oxygen atoms in total. The first-order valence-electron chi connectivity index (χ1n) is 11.4. The molecule has 1 unspecified atom stereocenters. The number of piperidine rings is 1. The van der Waals surface area contributed by atoms with Gasteiger partial charge in [0.2, 0.25) is 0 Å². The van der Waals surface area contributed by atoms with Crippen LogP contribution >= 0.6 is 24.0 Å². The molecular weight excluding hydrogens is 477 g/mol. The fraction of sp³-hybridized carbons (Fsp3) is 0.773. The fourth-order valence-electron chi connectivity index (χ4n) is 4.29. The van der Waals surface area contributed by atoms with Crippen LogP contribution in [-0.4, -0.2) is 68.1 Å². The van der Waals surface area contributed by atoms with Crippen LogP contribution in [0.1, 0.15) is 63.7 Å². The van der Waals surface area contributed by atoms with Crippen LogP contribution in [0.15, 0.2) is 27.8 Å². The van der Waals surface area contributed by atoms with Gasteiger partial charge in [0.25, 0.3) is 0 Å². The SMILES string of the molecule is CCNC(=NCC(c1ccco1)N1CCCCC1)NCCCCN1CCCC1.I. The van der Waals surface area contributed by atoms with Gasteiger partial charge in [-0.15, -0.1) is 24.0 Å². The van der Waals surface area contributed by atoms with Crippen molar-refractivity contribution in [2.24, 2.45) is 4.99 Å². The van der Waals surface area contributed by atoms with Gasteiger partial charge in [0.15, 0.2) is 5.96 Å². The maximum absolute atomic E-state index is 5.75. The van der Waals surface area contributed by atoms with Crippen molar-refractivity contribution in [2.75, 3.05) is 52.4 Å². The predicted octanol–water partition coefficient (Wildman–Crippen LogP) is 3.86. The number of likely N-dealkylation sites (tertiary alicyclic amines) is 2. The Hall–Kier alpha value is -0.800. The third-order valence-corrected chi connectivity index (χ3v) is 5.86. The van der Waals surface area contributed by atoms with Crippen LogP contribution in [0.3, 0.4) is 0 Å². The highest BCUT2D eigenvalue weighted by molar-refractivity contribution is 14.0. The number of hydrogen-bond donors (Lipinski definition) is 2. The summed E-state index contributed by atoms with van der Waals surface area (Å²) in [5.74, 6) is 1.96. The summed E-state index contributed by atoms with van der Waals surface area (Å²) in [6.07, 6.45) is 10.9. The fourth-order valence-corrected chi connectivity index (χ4v) is 4.29. The van der Waals surface area contributed by atoms with Crippen LogP contribution in [0.4, 0.5) is 0 Å². The van der Waals surface area contributed by atoms with Crippen LogP contribution < -0.4 is 10.6 Å². The number of halogens is 1. The molecule has 0 aliphatic carbocycles. The highest BCUT2D eigenvalue weighted by atomic mass is 127. The van der Waals surface area contributed by atoms with Gasteiger partial charge in [0, 0.05) is 13.1 Å². The van der Waals surface area contributed by atoms with E-state index in [1.54, 1.807) is 6.26 Å². The van der Waals surface area contributed by atoms with Crippen LogP contribution in [-0.2, 0) is 0 Å². The van der Waals surface area contributed by atoms with Gasteiger partial charge in [-0.2, -0.15) is 0 Å². The van der Waals surface area contributed by atoms with Gasteiger partial charge in [-0.3, -0.25) is 9.89 Å². The van der Waals surface area contributed by atoms with Crippen molar-refractivity contribution >= 4 is 29.9 Å². The summed E-state index contributed by atoms with van der Waals surface area (Å²) >= 11 is 0. The van der Waals surface area contributed by atoms with E-state index in [1.807, 2.05) is 6.07 Å². The molecule has 0 amide bonds. The Labute approximate surface area is 193 Å². The van der Waals surface area contributed by atoms with E-state index in [1.165, 1.54) is 64.6 Å². The first-order chi connectivity index (χ1) is 13.9. The second-order valence-electron chi connectivity index (χ2n) is 8.03. The first-order valence-corrected chi connectivity index (χ1v) is 11.4. The normalized spacial score (nSPS) is 19.7. The number of unbranched alkanes of at least 4 members (excludes halogenated alkanes) is 1. The standard InChI is InChI=1S/C22H39N5O.HI/c1-2-23-22(24-12-4-7-13-26-14-8-9-15-26)25-19-20(21-11-10-18-28-21)27-16-5-3-6-17-27;/h10-11,18,20H,2-9,12-17,19H2,1H3,(H2,23,24,25);1H. The van der Waals surface area contributed by atoms with Crippen LogP contribution in [0, 0.1) is 0 Å². The zero-order chi connectivity index (χ0) is 19.4. The molecule has 1 aromatic rings. The Balaban J connectivity index is 0.00000300. The van der Waals surface area contributed by atoms with E-state index in [4.69, 9.17) is 9.41 Å². The Morgan fingerprint density at radius 3 is 2.52 bits per heavy atom. The second kappa shape index (κ2) is 14.2. The largest absolute Gasteiger partial charge is 0.468 e. The highest BCUT2D eigenvalue weighted by Crippen LogP contribution is 2.25. The van der Waals surface area contributed by atoms with Gasteiger partial charge >= 0.3 is 0 Å². The molecule has 2 N–H and O–H groups in total. The summed E-state index contributed by atoms with van der Waals surface area (Å²) in [6.45, 7) is 10.8. The minimum Gasteiger partial charge on any atom is -0.468 e. The van der Waals surface area contributed by atoms with Crippen LogP contribution in [0.2, 0.25) is 0 Å². The number of hydrogen-bond acceptors (Lipinski definition) is 4. The average Bonchev–Trinajstić information content (AvgIpc) is 3.43. The van der Waals surface area contributed by atoms with Crippen LogP contribution in [0.25, 0.3) is 0 Å². The molecule has 1 aromatic heterocycles. The maximum atomic E-state index is 5.75. The summed E-state index contributed by atoms with van der Waals surface area (Å²) in [5, 5.41) is 6.92. The van der Waals surface area contributed by atoms with E-state index in [9.17, 15) is 0 Å². The van der Waals surface area contributed by atoms with Crippen molar-refractivity contribution in [1.82, 2.24) is 20.4 Å². The van der Waals surface area contributed by atoms with Gasteiger partial charge in [0.05, 0.1) is 18.8 Å². The van der Waals surface area contributed by atoms with E-state index >= 15 is 0 Å². The van der Waals surface area contributed by atoms with E-state index in [0.29, 0.717) is 0 Å². The Kier molecular flexibility index (Phi) is 12.0. The average molecular weight is 518 g/mol. The van der Waals surface area contributed by atoms with Gasteiger partial charge in [0.1, 0.15) is 5.76 Å². The topological polar surface area (TPSA) is 56.0 Å². The smallest absolute Gasteiger partial charge is 0.191 e. The number of guanidine groups is 1. The molecule has 1 atom stereocenters. The molecule has 3 rings (SSSR count). The van der Waals surface area contributed by atoms with Crippen molar-refractivity contribution in [3.8, 4) is 0 Å². The molecule has 0 saturated carbocycles. The molecule has 3 heterocycles. The summed E-state index contributed by atoms with van der Waals surface area (Å²) in [4.78, 5) is 10.0. The quantitative estimate of drug-likeness (QED) is 0.214. The molecule has 166 valence electrons. The van der Waals surface area contributed by atoms with Crippen molar-refractivity contribution in [2.45, 2.75) is 57.9 Å². The van der Waals surface area contributed by atoms with E-state index < -0.39 is 0 Å². The van der Waals surface area contributed by atoms with Gasteiger partial charge < -0.3 is 20.0 Å². The minimum atomic E-state index is 0. The van der Waals surface area contributed by atoms with E-state index in [-0.39, 0.29) is 30.0 Å². The molecule has 2 fully saturated rings. The van der Waals surface area contributed by atoms with Gasteiger partial charge in [-0.05, 0) is 90.3 Å². The zero-order valence-corrected chi connectivity index (χ0v) is 20.4. The summed E-state index contributed by atoms with van der Waals surface area (Å²) in [5.41, 5.74) is 0. The van der Waals surface area contributed by atoms with Crippen LogP contribution in [0.5, 0.6) is 0 Å². The minimum absolute atomic E-state index is 0. The Morgan fingerprint density at radius 1 is 1.07 bits per heavy atom. The van der Waals surface area contributed by atoms with E-state index in [2.05, 4.69) is 33.4 Å². The Morgan fingerprint density at radius 2 is 1.83 bits per heavy atom. The number of aliphatic imine (C=N–C) groups is 1. The Bertz CT molecular complexity index is 554. The monoisotopic (exact) mass is 517 g/mol. The summed E-state index contributed by atoms with van der Waals surface area (Å²) < 4.78 is 5.75. The first kappa shape index (κ1) is 24.5. The lowest BCUT2D eigenvalue weighted by Gasteiger charge is -2.32. The maximum Gasteiger partial charge on any atom is 0.191 e. The number of nitrogens with one attached hydrogen (secondary N) is 2. The lowest BCUT2D eigenvalue weighted by atomic mass is 10.1. The van der Waals surface area contributed by atoms with Gasteiger partial charge in [-0.1, -0.05) is 6.42 Å². The molecule has 2 saturated heterocycles. The molecule has 2 aliphatic heterocycles. The second-order valence-corrected chi connectivity index (χ2v) is 8.03. The summed E-state index contributed by atoms with van der Waals surface area (Å²) in [6, 6.07) is 4.31. The molecule has 0 radical (unpaired) electrons. The third kappa shape index (κ3) is 8.45. The van der Waals surface area contributed by atoms with Crippen molar-refractivity contribution < 1.29 is 4.42 Å². The van der Waals surface area contributed by atoms with Crippen molar-refractivity contribution in [1.29, 1.82) is 0 Å². The lowest BCUT2D eigenvalue weighted by molar-refractivity contribution is 0.150. The van der Waals surface area contributed by atoms with Crippen molar-refractivity contribution in [3.05, 3.63) is 24.2 Å². The van der Waals surface area contributed by atoms with E-state index in [0.717, 1.165) is 44.4 Å². The highest BCUT2D eigenvalue weighted by Gasteiger charge is 2.24. The predicted molar refractivity (Wildman–Crippen MR) is 131 cm³/mol. The zero-order valence-electron chi connectivity index (χ0n) is 18.1. The number of furan rings is 1. The molecule has 29 heavy (non-hydrogen) atoms. The molecule has 0 aromatic carbocycles. The number of rotatable bonds is 10. The molecule has 2 aliphatic rings. The molecule has 7 heteroatoms. The summed E-state index contributed by atoms with van der Waals surface area (Å²) in [7, 11) is 0. The molecule has 0 bridgehead atoms. The van der Waals surface area contributed by atoms with Gasteiger partial charge in [-0.25, -0.2) is 0 Å². The molecule has 0 spiro atoms. The third-order valence-electron chi connectivity index (χ3n) is 5.86. The van der Waals surface area contributed by atoms with Crippen molar-refractivity contribution in [3.63, 3.8) is 0 Å². The molecular formula is C22H40IN5O. The number of nitrogens with zero attached hydrogens (tertiary/aromatic N) is 3. The lowest BCUT2D eigenvalue weighted by Crippen LogP contribution is -2.40.